The number of fused-ring (bicyclic) bond motifs is 3. The second kappa shape index (κ2) is 3.05. The molecule has 0 saturated heterocycles. The average Bonchev–Trinajstić information content (AvgIpc) is 2.49. The zero-order valence-electron chi connectivity index (χ0n) is 9.53. The number of hydrogen-bond acceptors (Lipinski definition) is 1. The normalized spacial score (nSPS) is 17.6. The van der Waals surface area contributed by atoms with Crippen LogP contribution in [-0.4, -0.2) is 12.5 Å². The molecule has 16 heavy (non-hydrogen) atoms. The summed E-state index contributed by atoms with van der Waals surface area (Å²) in [5.74, 6) is 0. The van der Waals surface area contributed by atoms with Gasteiger partial charge in [0.2, 0.25) is 0 Å². The van der Waals surface area contributed by atoms with Gasteiger partial charge in [0.1, 0.15) is 0 Å². The van der Waals surface area contributed by atoms with Gasteiger partial charge in [0.25, 0.3) is 0 Å². The molecule has 0 aliphatic carbocycles. The van der Waals surface area contributed by atoms with Crippen LogP contribution in [0, 0.1) is 0 Å². The summed E-state index contributed by atoms with van der Waals surface area (Å²) in [5.41, 5.74) is 9.52. The first kappa shape index (κ1) is 9.79. The van der Waals surface area contributed by atoms with Gasteiger partial charge in [0.15, 0.2) is 0 Å². The second-order valence-electron chi connectivity index (χ2n) is 4.58. The largest absolute Gasteiger partial charge is 0.399 e. The third kappa shape index (κ3) is 1.14. The van der Waals surface area contributed by atoms with Crippen LogP contribution in [0.5, 0.6) is 0 Å². The quantitative estimate of drug-likeness (QED) is 0.684. The summed E-state index contributed by atoms with van der Waals surface area (Å²) in [6.07, 6.45) is 4.69. The van der Waals surface area contributed by atoms with Crippen LogP contribution in [0.25, 0.3) is 11.1 Å². The van der Waals surface area contributed by atoms with Crippen LogP contribution < -0.4 is 5.73 Å². The standard InChI is InChI=1S/C14H15NS/c1-16(2)13-6-4-3-5-11(13)12-8-7-10(15)9-14(12)16/h3-9H,15H2,1-2H3. The summed E-state index contributed by atoms with van der Waals surface area (Å²) in [6, 6.07) is 15.0. The van der Waals surface area contributed by atoms with E-state index in [0.717, 1.165) is 5.69 Å². The highest BCUT2D eigenvalue weighted by Crippen LogP contribution is 2.67. The highest BCUT2D eigenvalue weighted by atomic mass is 32.3. The van der Waals surface area contributed by atoms with E-state index in [1.165, 1.54) is 20.9 Å². The van der Waals surface area contributed by atoms with Crippen LogP contribution in [0.3, 0.4) is 0 Å². The lowest BCUT2D eigenvalue weighted by molar-refractivity contribution is 1.45. The van der Waals surface area contributed by atoms with Gasteiger partial charge < -0.3 is 5.73 Å². The fraction of sp³-hybridized carbons (Fsp3) is 0.143. The lowest BCUT2D eigenvalue weighted by Gasteiger charge is -2.28. The molecular weight excluding hydrogens is 214 g/mol. The van der Waals surface area contributed by atoms with Gasteiger partial charge in [-0.15, -0.1) is 0 Å². The summed E-state index contributed by atoms with van der Waals surface area (Å²) in [5, 5.41) is 0. The molecule has 0 unspecified atom stereocenters. The van der Waals surface area contributed by atoms with E-state index in [-0.39, 0.29) is 0 Å². The Kier molecular flexibility index (Phi) is 1.86. The van der Waals surface area contributed by atoms with Crippen molar-refractivity contribution in [1.29, 1.82) is 0 Å². The van der Waals surface area contributed by atoms with Crippen LogP contribution >= 0.6 is 10.0 Å². The molecule has 1 heterocycles. The average molecular weight is 229 g/mol. The van der Waals surface area contributed by atoms with Crippen molar-refractivity contribution < 1.29 is 0 Å². The van der Waals surface area contributed by atoms with E-state index in [2.05, 4.69) is 48.9 Å². The summed E-state index contributed by atoms with van der Waals surface area (Å²) in [7, 11) is -0.867. The Bertz CT molecular complexity index is 573. The maximum absolute atomic E-state index is 5.90. The molecule has 3 rings (SSSR count). The van der Waals surface area contributed by atoms with E-state index >= 15 is 0 Å². The highest BCUT2D eigenvalue weighted by molar-refractivity contribution is 8.33. The second-order valence-corrected chi connectivity index (χ2v) is 8.11. The van der Waals surface area contributed by atoms with Crippen molar-refractivity contribution in [2.75, 3.05) is 18.2 Å². The summed E-state index contributed by atoms with van der Waals surface area (Å²) in [4.78, 5) is 2.91. The van der Waals surface area contributed by atoms with Gasteiger partial charge in [-0.1, -0.05) is 24.3 Å². The Labute approximate surface area is 97.6 Å². The van der Waals surface area contributed by atoms with Gasteiger partial charge in [-0.25, -0.2) is 0 Å². The van der Waals surface area contributed by atoms with E-state index in [0.29, 0.717) is 0 Å². The van der Waals surface area contributed by atoms with Crippen molar-refractivity contribution in [1.82, 2.24) is 0 Å². The maximum Gasteiger partial charge on any atom is 0.0325 e. The number of hydrogen-bond donors (Lipinski definition) is 1. The molecule has 2 N–H and O–H groups in total. The van der Waals surface area contributed by atoms with E-state index in [9.17, 15) is 0 Å². The molecule has 0 spiro atoms. The fourth-order valence-electron chi connectivity index (χ4n) is 2.44. The Morgan fingerprint density at radius 1 is 0.875 bits per heavy atom. The van der Waals surface area contributed by atoms with Crippen molar-refractivity contribution in [3.05, 3.63) is 42.5 Å². The number of nitrogens with two attached hydrogens (primary N) is 1. The molecule has 1 aliphatic heterocycles. The minimum atomic E-state index is -0.867. The van der Waals surface area contributed by atoms with E-state index < -0.39 is 10.0 Å². The SMILES string of the molecule is CS1(C)c2ccccc2-c2ccc(N)cc21. The van der Waals surface area contributed by atoms with E-state index in [1.54, 1.807) is 0 Å². The third-order valence-electron chi connectivity index (χ3n) is 3.28. The van der Waals surface area contributed by atoms with Crippen molar-refractivity contribution >= 4 is 15.7 Å². The number of benzene rings is 2. The topological polar surface area (TPSA) is 26.0 Å². The Hall–Kier alpha value is -1.41. The van der Waals surface area contributed by atoms with Gasteiger partial charge in [-0.2, -0.15) is 10.0 Å². The molecule has 0 aromatic heterocycles. The van der Waals surface area contributed by atoms with Crippen molar-refractivity contribution in [3.63, 3.8) is 0 Å². The number of nitrogen functional groups attached to an aromatic ring is 1. The predicted molar refractivity (Wildman–Crippen MR) is 72.3 cm³/mol. The first-order chi connectivity index (χ1) is 7.60. The molecule has 0 radical (unpaired) electrons. The lowest BCUT2D eigenvalue weighted by Crippen LogP contribution is -1.93. The first-order valence-electron chi connectivity index (χ1n) is 5.33. The molecule has 1 aliphatic rings. The van der Waals surface area contributed by atoms with E-state index in [4.69, 9.17) is 5.73 Å². The van der Waals surface area contributed by atoms with Crippen LogP contribution in [-0.2, 0) is 0 Å². The lowest BCUT2D eigenvalue weighted by atomic mass is 10.1. The molecule has 82 valence electrons. The fourth-order valence-corrected chi connectivity index (χ4v) is 4.98. The third-order valence-corrected chi connectivity index (χ3v) is 6.18. The minimum Gasteiger partial charge on any atom is -0.399 e. The Morgan fingerprint density at radius 3 is 2.38 bits per heavy atom. The molecule has 2 aromatic carbocycles. The summed E-state index contributed by atoms with van der Waals surface area (Å²) >= 11 is 0. The van der Waals surface area contributed by atoms with Crippen LogP contribution in [0.1, 0.15) is 0 Å². The molecular formula is C14H15NS. The first-order valence-corrected chi connectivity index (χ1v) is 7.78. The van der Waals surface area contributed by atoms with Crippen molar-refractivity contribution in [2.45, 2.75) is 9.79 Å². The zero-order chi connectivity index (χ0) is 11.3. The smallest absolute Gasteiger partial charge is 0.0325 e. The molecule has 0 bridgehead atoms. The number of rotatable bonds is 0. The van der Waals surface area contributed by atoms with E-state index in [1.807, 2.05) is 6.07 Å². The predicted octanol–water partition coefficient (Wildman–Crippen LogP) is 3.73. The van der Waals surface area contributed by atoms with Gasteiger partial charge in [-0.05, 0) is 41.8 Å². The van der Waals surface area contributed by atoms with Gasteiger partial charge >= 0.3 is 0 Å². The molecule has 0 atom stereocenters. The van der Waals surface area contributed by atoms with Crippen molar-refractivity contribution in [3.8, 4) is 11.1 Å². The summed E-state index contributed by atoms with van der Waals surface area (Å²) in [6.45, 7) is 0. The highest BCUT2D eigenvalue weighted by Gasteiger charge is 2.30. The van der Waals surface area contributed by atoms with Crippen molar-refractivity contribution in [2.24, 2.45) is 0 Å². The van der Waals surface area contributed by atoms with Crippen LogP contribution in [0.2, 0.25) is 0 Å². The molecule has 0 fully saturated rings. The molecule has 2 aromatic rings. The number of anilines is 1. The van der Waals surface area contributed by atoms with Gasteiger partial charge in [0, 0.05) is 15.5 Å². The van der Waals surface area contributed by atoms with Crippen LogP contribution in [0.4, 0.5) is 5.69 Å². The molecule has 0 saturated carbocycles. The zero-order valence-corrected chi connectivity index (χ0v) is 10.3. The monoisotopic (exact) mass is 229 g/mol. The maximum atomic E-state index is 5.90. The van der Waals surface area contributed by atoms with Gasteiger partial charge in [-0.3, -0.25) is 0 Å². The molecule has 1 nitrogen and oxygen atoms in total. The Morgan fingerprint density at radius 2 is 1.56 bits per heavy atom. The summed E-state index contributed by atoms with van der Waals surface area (Å²) < 4.78 is 0. The Balaban J connectivity index is 2.39. The minimum absolute atomic E-state index is 0.867. The van der Waals surface area contributed by atoms with Gasteiger partial charge in [0.05, 0.1) is 0 Å². The van der Waals surface area contributed by atoms with Crippen LogP contribution in [0.15, 0.2) is 52.3 Å². The molecule has 0 amide bonds. The molecule has 2 heteroatoms.